The zero-order valence-electron chi connectivity index (χ0n) is 31.6. The number of rotatable bonds is 6. The fraction of sp³-hybridized carbons (Fsp3) is 0.0182. The molecule has 3 heteroatoms. The standard InChI is InChI=1S/C55H36N2O/c1-4-16-37(17-5-1)55(38-18-6-2-7-19-38,39-20-8-3-9-21-39)40-28-31-51-46(34-40)43-22-10-13-25-49(43)56(51)41-29-32-52-47(35-41)44-23-11-14-26-50(44)57(52)42-30-33-54-48(36-42)45-24-12-15-27-53(45)58-54/h1-36H. The third-order valence-corrected chi connectivity index (χ3v) is 12.3. The van der Waals surface area contributed by atoms with Crippen molar-refractivity contribution >= 4 is 65.6 Å². The van der Waals surface area contributed by atoms with Crippen molar-refractivity contribution in [3.05, 3.63) is 241 Å². The van der Waals surface area contributed by atoms with Crippen LogP contribution in [0.3, 0.4) is 0 Å². The Bertz CT molecular complexity index is 3400. The molecule has 3 heterocycles. The van der Waals surface area contributed by atoms with Crippen LogP contribution in [0.15, 0.2) is 223 Å². The molecule has 0 bridgehead atoms. The highest BCUT2D eigenvalue weighted by molar-refractivity contribution is 6.13. The minimum atomic E-state index is -0.534. The van der Waals surface area contributed by atoms with E-state index in [4.69, 9.17) is 4.42 Å². The lowest BCUT2D eigenvalue weighted by atomic mass is 9.65. The predicted octanol–water partition coefficient (Wildman–Crippen LogP) is 14.2. The van der Waals surface area contributed by atoms with Crippen LogP contribution < -0.4 is 0 Å². The molecule has 272 valence electrons. The second-order valence-electron chi connectivity index (χ2n) is 15.3. The third kappa shape index (κ3) is 4.68. The van der Waals surface area contributed by atoms with Gasteiger partial charge in [-0.15, -0.1) is 0 Å². The summed E-state index contributed by atoms with van der Waals surface area (Å²) in [6.07, 6.45) is 0. The van der Waals surface area contributed by atoms with E-state index in [9.17, 15) is 0 Å². The summed E-state index contributed by atoms with van der Waals surface area (Å²) >= 11 is 0. The lowest BCUT2D eigenvalue weighted by Gasteiger charge is -2.37. The molecule has 58 heavy (non-hydrogen) atoms. The Balaban J connectivity index is 1.09. The Morgan fingerprint density at radius 1 is 0.276 bits per heavy atom. The lowest BCUT2D eigenvalue weighted by Crippen LogP contribution is -2.30. The van der Waals surface area contributed by atoms with Crippen molar-refractivity contribution in [1.82, 2.24) is 9.13 Å². The molecule has 12 aromatic rings. The van der Waals surface area contributed by atoms with E-state index in [0.29, 0.717) is 0 Å². The summed E-state index contributed by atoms with van der Waals surface area (Å²) in [6.45, 7) is 0. The van der Waals surface area contributed by atoms with Crippen molar-refractivity contribution in [3.63, 3.8) is 0 Å². The normalized spacial score (nSPS) is 12.1. The quantitative estimate of drug-likeness (QED) is 0.156. The highest BCUT2D eigenvalue weighted by Crippen LogP contribution is 2.47. The van der Waals surface area contributed by atoms with E-state index >= 15 is 0 Å². The number of aromatic nitrogens is 2. The van der Waals surface area contributed by atoms with Gasteiger partial charge in [-0.1, -0.05) is 152 Å². The molecule has 3 nitrogen and oxygen atoms in total. The summed E-state index contributed by atoms with van der Waals surface area (Å²) in [5, 5.41) is 7.14. The smallest absolute Gasteiger partial charge is 0.135 e. The summed E-state index contributed by atoms with van der Waals surface area (Å²) in [5.74, 6) is 0. The van der Waals surface area contributed by atoms with Gasteiger partial charge in [-0.2, -0.15) is 0 Å². The van der Waals surface area contributed by atoms with Gasteiger partial charge in [0.05, 0.1) is 27.5 Å². The monoisotopic (exact) mass is 740 g/mol. The molecule has 0 saturated heterocycles. The minimum absolute atomic E-state index is 0.534. The van der Waals surface area contributed by atoms with Crippen LogP contribution >= 0.6 is 0 Å². The maximum absolute atomic E-state index is 6.21. The predicted molar refractivity (Wildman–Crippen MR) is 241 cm³/mol. The maximum Gasteiger partial charge on any atom is 0.135 e. The van der Waals surface area contributed by atoms with Crippen LogP contribution in [0, 0.1) is 0 Å². The van der Waals surface area contributed by atoms with Crippen molar-refractivity contribution in [1.29, 1.82) is 0 Å². The first-order valence-electron chi connectivity index (χ1n) is 19.9. The van der Waals surface area contributed by atoms with Crippen molar-refractivity contribution in [2.24, 2.45) is 0 Å². The molecule has 0 aliphatic carbocycles. The van der Waals surface area contributed by atoms with Crippen molar-refractivity contribution in [3.8, 4) is 11.4 Å². The molecule has 0 amide bonds. The molecular weight excluding hydrogens is 705 g/mol. The van der Waals surface area contributed by atoms with Gasteiger partial charge in [0.15, 0.2) is 0 Å². The Kier molecular flexibility index (Phi) is 7.14. The lowest BCUT2D eigenvalue weighted by molar-refractivity contribution is 0.669. The molecule has 0 saturated carbocycles. The van der Waals surface area contributed by atoms with Crippen LogP contribution in [0.5, 0.6) is 0 Å². The summed E-state index contributed by atoms with van der Waals surface area (Å²) < 4.78 is 11.0. The average molecular weight is 741 g/mol. The third-order valence-electron chi connectivity index (χ3n) is 12.3. The molecule has 9 aromatic carbocycles. The first-order valence-corrected chi connectivity index (χ1v) is 19.9. The van der Waals surface area contributed by atoms with E-state index < -0.39 is 5.41 Å². The molecule has 12 rings (SSSR count). The highest BCUT2D eigenvalue weighted by atomic mass is 16.3. The highest BCUT2D eigenvalue weighted by Gasteiger charge is 2.38. The summed E-state index contributed by atoms with van der Waals surface area (Å²) in [6, 6.07) is 79.4. The van der Waals surface area contributed by atoms with E-state index in [1.54, 1.807) is 0 Å². The van der Waals surface area contributed by atoms with Gasteiger partial charge in [-0.05, 0) is 89.0 Å². The van der Waals surface area contributed by atoms with Crippen molar-refractivity contribution < 1.29 is 4.42 Å². The molecule has 0 aliphatic heterocycles. The molecular formula is C55H36N2O. The van der Waals surface area contributed by atoms with Crippen LogP contribution in [0.2, 0.25) is 0 Å². The second kappa shape index (κ2) is 12.7. The Labute approximate surface area is 335 Å². The molecule has 0 spiro atoms. The van der Waals surface area contributed by atoms with Gasteiger partial charge < -0.3 is 13.6 Å². The summed E-state index contributed by atoms with van der Waals surface area (Å²) in [4.78, 5) is 0. The Morgan fingerprint density at radius 3 is 1.28 bits per heavy atom. The fourth-order valence-electron chi connectivity index (χ4n) is 9.78. The maximum atomic E-state index is 6.21. The Morgan fingerprint density at radius 2 is 0.690 bits per heavy atom. The summed E-state index contributed by atoms with van der Waals surface area (Å²) in [7, 11) is 0. The van der Waals surface area contributed by atoms with Gasteiger partial charge in [0.1, 0.15) is 11.2 Å². The van der Waals surface area contributed by atoms with E-state index in [1.165, 1.54) is 65.9 Å². The number of benzene rings is 9. The Hall–Kier alpha value is -7.62. The number of nitrogens with zero attached hydrogens (tertiary/aromatic N) is 2. The number of hydrogen-bond donors (Lipinski definition) is 0. The largest absolute Gasteiger partial charge is 0.456 e. The number of furan rings is 1. The topological polar surface area (TPSA) is 23.0 Å². The van der Waals surface area contributed by atoms with Gasteiger partial charge in [-0.3, -0.25) is 0 Å². The van der Waals surface area contributed by atoms with Gasteiger partial charge >= 0.3 is 0 Å². The van der Waals surface area contributed by atoms with E-state index in [-0.39, 0.29) is 0 Å². The van der Waals surface area contributed by atoms with Gasteiger partial charge in [0.2, 0.25) is 0 Å². The van der Waals surface area contributed by atoms with E-state index in [0.717, 1.165) is 33.3 Å². The van der Waals surface area contributed by atoms with Gasteiger partial charge in [-0.25, -0.2) is 0 Å². The first kappa shape index (κ1) is 32.6. The van der Waals surface area contributed by atoms with Crippen LogP contribution in [0.4, 0.5) is 0 Å². The van der Waals surface area contributed by atoms with Crippen molar-refractivity contribution in [2.75, 3.05) is 0 Å². The van der Waals surface area contributed by atoms with Gasteiger partial charge in [0.25, 0.3) is 0 Å². The van der Waals surface area contributed by atoms with Crippen LogP contribution in [-0.4, -0.2) is 9.13 Å². The molecule has 0 radical (unpaired) electrons. The zero-order valence-corrected chi connectivity index (χ0v) is 31.6. The molecule has 0 N–H and O–H groups in total. The van der Waals surface area contributed by atoms with Gasteiger partial charge in [0, 0.05) is 43.7 Å². The molecule has 0 fully saturated rings. The molecule has 0 aliphatic rings. The zero-order chi connectivity index (χ0) is 38.2. The molecule has 0 atom stereocenters. The average Bonchev–Trinajstić information content (AvgIpc) is 3.95. The van der Waals surface area contributed by atoms with Crippen LogP contribution in [0.1, 0.15) is 22.3 Å². The van der Waals surface area contributed by atoms with E-state index in [1.807, 2.05) is 12.1 Å². The van der Waals surface area contributed by atoms with E-state index in [2.05, 4.69) is 215 Å². The number of para-hydroxylation sites is 3. The second-order valence-corrected chi connectivity index (χ2v) is 15.3. The number of fused-ring (bicyclic) bond motifs is 9. The molecule has 3 aromatic heterocycles. The van der Waals surface area contributed by atoms with Crippen LogP contribution in [-0.2, 0) is 5.41 Å². The molecule has 0 unspecified atom stereocenters. The van der Waals surface area contributed by atoms with Crippen molar-refractivity contribution in [2.45, 2.75) is 5.41 Å². The first-order chi connectivity index (χ1) is 28.8. The number of hydrogen-bond acceptors (Lipinski definition) is 1. The minimum Gasteiger partial charge on any atom is -0.456 e. The fourth-order valence-corrected chi connectivity index (χ4v) is 9.78. The summed E-state index contributed by atoms with van der Waals surface area (Å²) in [5.41, 5.74) is 13.1. The van der Waals surface area contributed by atoms with Crippen LogP contribution in [0.25, 0.3) is 76.9 Å². The SMILES string of the molecule is c1ccc(C(c2ccccc2)(c2ccccc2)c2ccc3c(c2)c2ccccc2n3-c2ccc3c(c2)c2ccccc2n3-c2ccc3oc4ccccc4c3c2)cc1.